The Kier molecular flexibility index (Phi) is 4.45. The van der Waals surface area contributed by atoms with E-state index in [1.54, 1.807) is 0 Å². The van der Waals surface area contributed by atoms with Gasteiger partial charge in [-0.15, -0.1) is 0 Å². The Bertz CT molecular complexity index is 177. The van der Waals surface area contributed by atoms with Gasteiger partial charge in [-0.3, -0.25) is 0 Å². The summed E-state index contributed by atoms with van der Waals surface area (Å²) in [5, 5.41) is 3.79. The van der Waals surface area contributed by atoms with Crippen LogP contribution in [0.3, 0.4) is 0 Å². The average Bonchev–Trinajstić information content (AvgIpc) is 2.29. The van der Waals surface area contributed by atoms with Crippen molar-refractivity contribution in [2.45, 2.75) is 51.5 Å². The van der Waals surface area contributed by atoms with Gasteiger partial charge in [0.15, 0.2) is 0 Å². The Morgan fingerprint density at radius 2 is 1.80 bits per heavy atom. The van der Waals surface area contributed by atoms with Gasteiger partial charge in [0.25, 0.3) is 0 Å². The highest BCUT2D eigenvalue weighted by atomic mass is 16.5. The van der Waals surface area contributed by atoms with Gasteiger partial charge in [0.2, 0.25) is 0 Å². The van der Waals surface area contributed by atoms with Gasteiger partial charge in [-0.25, -0.2) is 0 Å². The van der Waals surface area contributed by atoms with E-state index in [-0.39, 0.29) is 0 Å². The van der Waals surface area contributed by atoms with E-state index in [1.165, 1.54) is 45.1 Å². The van der Waals surface area contributed by atoms with Gasteiger partial charge in [0.1, 0.15) is 0 Å². The van der Waals surface area contributed by atoms with Crippen LogP contribution >= 0.6 is 0 Å². The smallest absolute Gasteiger partial charge is 0.0469 e. The topological polar surface area (TPSA) is 21.3 Å². The van der Waals surface area contributed by atoms with Crippen LogP contribution in [-0.2, 0) is 4.74 Å². The summed E-state index contributed by atoms with van der Waals surface area (Å²) >= 11 is 0. The van der Waals surface area contributed by atoms with Crippen molar-refractivity contribution in [2.75, 3.05) is 19.8 Å². The maximum Gasteiger partial charge on any atom is 0.0469 e. The third kappa shape index (κ3) is 3.46. The molecule has 2 heteroatoms. The molecule has 0 spiro atoms. The van der Waals surface area contributed by atoms with Gasteiger partial charge >= 0.3 is 0 Å². The molecule has 2 unspecified atom stereocenters. The van der Waals surface area contributed by atoms with Crippen LogP contribution in [0.25, 0.3) is 0 Å². The zero-order valence-electron chi connectivity index (χ0n) is 10.0. The summed E-state index contributed by atoms with van der Waals surface area (Å²) in [5.41, 5.74) is 0. The van der Waals surface area contributed by atoms with E-state index >= 15 is 0 Å². The van der Waals surface area contributed by atoms with Crippen molar-refractivity contribution in [2.24, 2.45) is 11.8 Å². The van der Waals surface area contributed by atoms with Crippen molar-refractivity contribution in [3.8, 4) is 0 Å². The molecule has 2 rings (SSSR count). The van der Waals surface area contributed by atoms with Crippen LogP contribution < -0.4 is 5.32 Å². The van der Waals surface area contributed by atoms with E-state index in [4.69, 9.17) is 4.74 Å². The van der Waals surface area contributed by atoms with Crippen molar-refractivity contribution in [3.05, 3.63) is 0 Å². The van der Waals surface area contributed by atoms with Crippen molar-refractivity contribution < 1.29 is 4.74 Å². The standard InChI is InChI=1S/C13H25NO/c1-11-4-2-3-5-13(11)14-10-12-6-8-15-9-7-12/h11-14H,2-10H2,1H3. The van der Waals surface area contributed by atoms with Crippen molar-refractivity contribution in [1.82, 2.24) is 5.32 Å². The second-order valence-corrected chi connectivity index (χ2v) is 5.33. The van der Waals surface area contributed by atoms with Crippen LogP contribution in [0.2, 0.25) is 0 Å². The highest BCUT2D eigenvalue weighted by Crippen LogP contribution is 2.24. The molecule has 0 bridgehead atoms. The number of hydrogen-bond acceptors (Lipinski definition) is 2. The number of nitrogens with one attached hydrogen (secondary N) is 1. The lowest BCUT2D eigenvalue weighted by Gasteiger charge is -2.32. The molecule has 0 radical (unpaired) electrons. The summed E-state index contributed by atoms with van der Waals surface area (Å²) in [4.78, 5) is 0. The number of hydrogen-bond donors (Lipinski definition) is 1. The molecule has 2 aliphatic rings. The minimum absolute atomic E-state index is 0.793. The van der Waals surface area contributed by atoms with E-state index in [1.807, 2.05) is 0 Å². The van der Waals surface area contributed by atoms with Crippen LogP contribution in [-0.4, -0.2) is 25.8 Å². The maximum atomic E-state index is 5.38. The van der Waals surface area contributed by atoms with Crippen LogP contribution in [0, 0.1) is 11.8 Å². The molecule has 2 fully saturated rings. The lowest BCUT2D eigenvalue weighted by Crippen LogP contribution is -2.40. The molecule has 1 aliphatic carbocycles. The van der Waals surface area contributed by atoms with E-state index in [2.05, 4.69) is 12.2 Å². The molecule has 88 valence electrons. The summed E-state index contributed by atoms with van der Waals surface area (Å²) < 4.78 is 5.38. The lowest BCUT2D eigenvalue weighted by molar-refractivity contribution is 0.0641. The molecule has 2 nitrogen and oxygen atoms in total. The summed E-state index contributed by atoms with van der Waals surface area (Å²) in [7, 11) is 0. The highest BCUT2D eigenvalue weighted by molar-refractivity contribution is 4.79. The predicted molar refractivity (Wildman–Crippen MR) is 63.0 cm³/mol. The fourth-order valence-electron chi connectivity index (χ4n) is 2.89. The normalized spacial score (nSPS) is 34.2. The molecule has 0 aromatic rings. The number of rotatable bonds is 3. The molecule has 1 saturated carbocycles. The Labute approximate surface area is 93.8 Å². The Morgan fingerprint density at radius 3 is 2.53 bits per heavy atom. The first kappa shape index (κ1) is 11.4. The zero-order chi connectivity index (χ0) is 10.5. The summed E-state index contributed by atoms with van der Waals surface area (Å²) in [5.74, 6) is 1.76. The minimum atomic E-state index is 0.793. The molecule has 1 N–H and O–H groups in total. The molecule has 15 heavy (non-hydrogen) atoms. The lowest BCUT2D eigenvalue weighted by atomic mass is 9.85. The molecule has 1 aliphatic heterocycles. The summed E-state index contributed by atoms with van der Waals surface area (Å²) in [6.45, 7) is 5.58. The van der Waals surface area contributed by atoms with Gasteiger partial charge in [-0.05, 0) is 44.1 Å². The van der Waals surface area contributed by atoms with Gasteiger partial charge in [-0.1, -0.05) is 19.8 Å². The molecular formula is C13H25NO. The third-order valence-electron chi connectivity index (χ3n) is 4.12. The average molecular weight is 211 g/mol. The van der Waals surface area contributed by atoms with E-state index in [0.717, 1.165) is 31.1 Å². The second kappa shape index (κ2) is 5.86. The van der Waals surface area contributed by atoms with Crippen molar-refractivity contribution >= 4 is 0 Å². The Balaban J connectivity index is 1.67. The van der Waals surface area contributed by atoms with Crippen molar-refractivity contribution in [3.63, 3.8) is 0 Å². The quantitative estimate of drug-likeness (QED) is 0.774. The van der Waals surface area contributed by atoms with Gasteiger partial charge < -0.3 is 10.1 Å². The van der Waals surface area contributed by atoms with Gasteiger partial charge in [-0.2, -0.15) is 0 Å². The van der Waals surface area contributed by atoms with Crippen LogP contribution in [0.15, 0.2) is 0 Å². The van der Waals surface area contributed by atoms with Crippen molar-refractivity contribution in [1.29, 1.82) is 0 Å². The van der Waals surface area contributed by atoms with E-state index < -0.39 is 0 Å². The molecule has 0 aromatic heterocycles. The molecular weight excluding hydrogens is 186 g/mol. The minimum Gasteiger partial charge on any atom is -0.381 e. The third-order valence-corrected chi connectivity index (χ3v) is 4.12. The number of ether oxygens (including phenoxy) is 1. The first-order chi connectivity index (χ1) is 7.36. The molecule has 0 aromatic carbocycles. The van der Waals surface area contributed by atoms with E-state index in [9.17, 15) is 0 Å². The van der Waals surface area contributed by atoms with Crippen LogP contribution in [0.4, 0.5) is 0 Å². The summed E-state index contributed by atoms with van der Waals surface area (Å²) in [6, 6.07) is 0.793. The summed E-state index contributed by atoms with van der Waals surface area (Å²) in [6.07, 6.45) is 8.20. The highest BCUT2D eigenvalue weighted by Gasteiger charge is 2.22. The van der Waals surface area contributed by atoms with Gasteiger partial charge in [0, 0.05) is 19.3 Å². The Hall–Kier alpha value is -0.0800. The maximum absolute atomic E-state index is 5.38. The largest absolute Gasteiger partial charge is 0.381 e. The van der Waals surface area contributed by atoms with Crippen LogP contribution in [0.1, 0.15) is 45.4 Å². The molecule has 2 atom stereocenters. The first-order valence-corrected chi connectivity index (χ1v) is 6.67. The SMILES string of the molecule is CC1CCCCC1NCC1CCOCC1. The first-order valence-electron chi connectivity index (χ1n) is 6.67. The van der Waals surface area contributed by atoms with Gasteiger partial charge in [0.05, 0.1) is 0 Å². The predicted octanol–water partition coefficient (Wildman–Crippen LogP) is 2.58. The molecule has 1 saturated heterocycles. The molecule has 1 heterocycles. The van der Waals surface area contributed by atoms with Crippen LogP contribution in [0.5, 0.6) is 0 Å². The second-order valence-electron chi connectivity index (χ2n) is 5.33. The monoisotopic (exact) mass is 211 g/mol. The fourth-order valence-corrected chi connectivity index (χ4v) is 2.89. The Morgan fingerprint density at radius 1 is 1.07 bits per heavy atom. The fraction of sp³-hybridized carbons (Fsp3) is 1.00. The van der Waals surface area contributed by atoms with E-state index in [0.29, 0.717) is 0 Å². The zero-order valence-corrected chi connectivity index (χ0v) is 10.0. The molecule has 0 amide bonds.